The lowest BCUT2D eigenvalue weighted by Crippen LogP contribution is -2.37. The molecule has 1 amide bonds. The van der Waals surface area contributed by atoms with Crippen molar-refractivity contribution < 1.29 is 13.9 Å². The first-order valence-corrected chi connectivity index (χ1v) is 7.08. The molecule has 1 saturated heterocycles. The number of halogens is 1. The number of pyridine rings is 1. The molecule has 1 aliphatic heterocycles. The Morgan fingerprint density at radius 3 is 3.00 bits per heavy atom. The third kappa shape index (κ3) is 2.59. The van der Waals surface area contributed by atoms with Crippen LogP contribution in [-0.2, 0) is 11.8 Å². The van der Waals surface area contributed by atoms with Crippen molar-refractivity contribution in [1.82, 2.24) is 20.1 Å². The van der Waals surface area contributed by atoms with Crippen molar-refractivity contribution in [2.45, 2.75) is 25.5 Å². The Balaban J connectivity index is 1.78. The minimum Gasteiger partial charge on any atom is -0.371 e. The zero-order valence-corrected chi connectivity index (χ0v) is 12.4. The van der Waals surface area contributed by atoms with Gasteiger partial charge in [-0.2, -0.15) is 5.10 Å². The molecule has 3 rings (SSSR count). The fraction of sp³-hybridized carbons (Fsp3) is 0.400. The number of ether oxygens (including phenoxy) is 1. The second kappa shape index (κ2) is 5.84. The van der Waals surface area contributed by atoms with E-state index in [1.54, 1.807) is 10.9 Å². The van der Waals surface area contributed by atoms with Crippen LogP contribution in [0.4, 0.5) is 4.39 Å². The molecule has 0 bridgehead atoms. The summed E-state index contributed by atoms with van der Waals surface area (Å²) in [5, 5.41) is 7.05. The van der Waals surface area contributed by atoms with Gasteiger partial charge in [-0.05, 0) is 19.4 Å². The largest absolute Gasteiger partial charge is 0.371 e. The molecule has 0 unspecified atom stereocenters. The van der Waals surface area contributed by atoms with Gasteiger partial charge in [-0.25, -0.2) is 4.39 Å². The number of amides is 1. The van der Waals surface area contributed by atoms with E-state index in [-0.39, 0.29) is 17.7 Å². The number of carbonyl (C=O) groups excluding carboxylic acids is 1. The van der Waals surface area contributed by atoms with Crippen molar-refractivity contribution in [2.24, 2.45) is 7.05 Å². The monoisotopic (exact) mass is 304 g/mol. The van der Waals surface area contributed by atoms with Crippen LogP contribution in [0, 0.1) is 12.7 Å². The zero-order valence-electron chi connectivity index (χ0n) is 12.4. The van der Waals surface area contributed by atoms with E-state index in [1.165, 1.54) is 12.3 Å². The van der Waals surface area contributed by atoms with Crippen molar-refractivity contribution in [3.63, 3.8) is 0 Å². The SMILES string of the molecule is Cc1c([C@H]2OCC[C@@H]2NC(=O)c2ccncc2F)cnn1C. The summed E-state index contributed by atoms with van der Waals surface area (Å²) in [4.78, 5) is 15.9. The van der Waals surface area contributed by atoms with Crippen LogP contribution in [0.15, 0.2) is 24.7 Å². The summed E-state index contributed by atoms with van der Waals surface area (Å²) in [5.74, 6) is -1.09. The minimum atomic E-state index is -0.631. The molecule has 2 aromatic rings. The van der Waals surface area contributed by atoms with Gasteiger partial charge in [-0.1, -0.05) is 0 Å². The molecule has 0 aliphatic carbocycles. The van der Waals surface area contributed by atoms with E-state index >= 15 is 0 Å². The van der Waals surface area contributed by atoms with Crippen molar-refractivity contribution in [1.29, 1.82) is 0 Å². The number of aryl methyl sites for hydroxylation is 1. The molecule has 22 heavy (non-hydrogen) atoms. The van der Waals surface area contributed by atoms with Gasteiger partial charge in [0.05, 0.1) is 24.0 Å². The zero-order chi connectivity index (χ0) is 15.7. The first-order chi connectivity index (χ1) is 10.6. The van der Waals surface area contributed by atoms with E-state index in [9.17, 15) is 9.18 Å². The summed E-state index contributed by atoms with van der Waals surface area (Å²) in [6, 6.07) is 1.16. The summed E-state index contributed by atoms with van der Waals surface area (Å²) in [6.45, 7) is 2.49. The topological polar surface area (TPSA) is 69.0 Å². The Labute approximate surface area is 127 Å². The molecule has 116 valence electrons. The van der Waals surface area contributed by atoms with Crippen LogP contribution in [0.25, 0.3) is 0 Å². The minimum absolute atomic E-state index is 0.0106. The first kappa shape index (κ1) is 14.6. The average Bonchev–Trinajstić information content (AvgIpc) is 3.07. The van der Waals surface area contributed by atoms with Crippen LogP contribution < -0.4 is 5.32 Å². The molecular weight excluding hydrogens is 287 g/mol. The predicted molar refractivity (Wildman–Crippen MR) is 76.7 cm³/mol. The predicted octanol–water partition coefficient (Wildman–Crippen LogP) is 1.52. The van der Waals surface area contributed by atoms with Crippen molar-refractivity contribution in [2.75, 3.05) is 6.61 Å². The van der Waals surface area contributed by atoms with Crippen LogP contribution >= 0.6 is 0 Å². The highest BCUT2D eigenvalue weighted by atomic mass is 19.1. The smallest absolute Gasteiger partial charge is 0.254 e. The van der Waals surface area contributed by atoms with Gasteiger partial charge >= 0.3 is 0 Å². The summed E-state index contributed by atoms with van der Waals surface area (Å²) in [7, 11) is 1.85. The number of rotatable bonds is 3. The number of hydrogen-bond donors (Lipinski definition) is 1. The second-order valence-electron chi connectivity index (χ2n) is 5.32. The number of hydrogen-bond acceptors (Lipinski definition) is 4. The molecule has 6 nitrogen and oxygen atoms in total. The Hall–Kier alpha value is -2.28. The highest BCUT2D eigenvalue weighted by Crippen LogP contribution is 2.31. The second-order valence-corrected chi connectivity index (χ2v) is 5.32. The quantitative estimate of drug-likeness (QED) is 0.933. The molecule has 0 aromatic carbocycles. The van der Waals surface area contributed by atoms with Gasteiger partial charge in [0.15, 0.2) is 5.82 Å². The van der Waals surface area contributed by atoms with Crippen molar-refractivity contribution in [3.05, 3.63) is 47.3 Å². The molecule has 3 heterocycles. The Bertz CT molecular complexity index is 701. The van der Waals surface area contributed by atoms with Crippen molar-refractivity contribution in [3.8, 4) is 0 Å². The van der Waals surface area contributed by atoms with Gasteiger partial charge in [0, 0.05) is 31.1 Å². The molecule has 0 radical (unpaired) electrons. The molecule has 7 heteroatoms. The van der Waals surface area contributed by atoms with E-state index in [2.05, 4.69) is 15.4 Å². The third-order valence-electron chi connectivity index (χ3n) is 4.01. The average molecular weight is 304 g/mol. The first-order valence-electron chi connectivity index (χ1n) is 7.08. The lowest BCUT2D eigenvalue weighted by molar-refractivity contribution is 0.0816. The lowest BCUT2D eigenvalue weighted by Gasteiger charge is -2.20. The van der Waals surface area contributed by atoms with Gasteiger partial charge in [-0.15, -0.1) is 0 Å². The van der Waals surface area contributed by atoms with Crippen LogP contribution in [0.5, 0.6) is 0 Å². The molecule has 2 atom stereocenters. The van der Waals surface area contributed by atoms with E-state index in [4.69, 9.17) is 4.74 Å². The van der Waals surface area contributed by atoms with Gasteiger partial charge in [-0.3, -0.25) is 14.5 Å². The van der Waals surface area contributed by atoms with Crippen LogP contribution in [0.1, 0.15) is 34.1 Å². The van der Waals surface area contributed by atoms with Gasteiger partial charge < -0.3 is 10.1 Å². The summed E-state index contributed by atoms with van der Waals surface area (Å²) in [6.07, 6.45) is 4.59. The highest BCUT2D eigenvalue weighted by Gasteiger charge is 2.33. The number of nitrogens with one attached hydrogen (secondary N) is 1. The van der Waals surface area contributed by atoms with Gasteiger partial charge in [0.1, 0.15) is 6.10 Å². The lowest BCUT2D eigenvalue weighted by atomic mass is 10.0. The van der Waals surface area contributed by atoms with Crippen LogP contribution in [0.2, 0.25) is 0 Å². The third-order valence-corrected chi connectivity index (χ3v) is 4.01. The van der Waals surface area contributed by atoms with Gasteiger partial charge in [0.25, 0.3) is 5.91 Å². The maximum absolute atomic E-state index is 13.6. The van der Waals surface area contributed by atoms with E-state index in [0.29, 0.717) is 13.0 Å². The molecule has 0 spiro atoms. The summed E-state index contributed by atoms with van der Waals surface area (Å²) in [5.41, 5.74) is 1.92. The standard InChI is InChI=1S/C15H17FN4O2/c1-9-11(7-18-20(9)2)14-13(4-6-22-14)19-15(21)10-3-5-17-8-12(10)16/h3,5,7-8,13-14H,4,6H2,1-2H3,(H,19,21)/t13-,14+/m0/s1. The molecule has 0 saturated carbocycles. The fourth-order valence-electron chi connectivity index (χ4n) is 2.64. The molecule has 2 aromatic heterocycles. The summed E-state index contributed by atoms with van der Waals surface area (Å²) < 4.78 is 21.1. The van der Waals surface area contributed by atoms with E-state index in [0.717, 1.165) is 17.5 Å². The highest BCUT2D eigenvalue weighted by molar-refractivity contribution is 5.94. The van der Waals surface area contributed by atoms with Crippen molar-refractivity contribution >= 4 is 5.91 Å². The van der Waals surface area contributed by atoms with E-state index < -0.39 is 11.7 Å². The molecule has 1 N–H and O–H groups in total. The fourth-order valence-corrected chi connectivity index (χ4v) is 2.64. The molecular formula is C15H17FN4O2. The maximum atomic E-state index is 13.6. The number of nitrogens with zero attached hydrogens (tertiary/aromatic N) is 3. The Morgan fingerprint density at radius 1 is 1.50 bits per heavy atom. The van der Waals surface area contributed by atoms with E-state index in [1.807, 2.05) is 14.0 Å². The summed E-state index contributed by atoms with van der Waals surface area (Å²) >= 11 is 0. The molecule has 1 fully saturated rings. The Kier molecular flexibility index (Phi) is 3.89. The van der Waals surface area contributed by atoms with Crippen LogP contribution in [-0.4, -0.2) is 33.3 Å². The van der Waals surface area contributed by atoms with Gasteiger partial charge in [0.2, 0.25) is 0 Å². The Morgan fingerprint density at radius 2 is 2.32 bits per heavy atom. The maximum Gasteiger partial charge on any atom is 0.254 e. The van der Waals surface area contributed by atoms with Crippen LogP contribution in [0.3, 0.4) is 0 Å². The number of carbonyl (C=O) groups is 1. The number of aromatic nitrogens is 3. The molecule has 1 aliphatic rings. The normalized spacial score (nSPS) is 21.0.